The molecule has 0 saturated heterocycles. The fraction of sp³-hybridized carbons (Fsp3) is 0.556. The van der Waals surface area contributed by atoms with E-state index in [1.807, 2.05) is 18.2 Å². The summed E-state index contributed by atoms with van der Waals surface area (Å²) in [5.74, 6) is 0.830. The average molecular weight is 368 g/mol. The molecular formula is C18H26ClN3O3. The molecule has 1 N–H and O–H groups in total. The molecule has 1 rings (SSSR count). The topological polar surface area (TPSA) is 74.6 Å². The molecule has 0 aromatic heterocycles. The summed E-state index contributed by atoms with van der Waals surface area (Å²) in [6.45, 7) is 7.95. The van der Waals surface area contributed by atoms with E-state index in [-0.39, 0.29) is 12.3 Å². The van der Waals surface area contributed by atoms with Crippen molar-refractivity contribution in [3.8, 4) is 17.6 Å². The minimum absolute atomic E-state index is 0.136. The van der Waals surface area contributed by atoms with Gasteiger partial charge in [0.1, 0.15) is 13.0 Å². The molecule has 0 atom stereocenters. The second kappa shape index (κ2) is 11.6. The van der Waals surface area contributed by atoms with Crippen LogP contribution in [-0.4, -0.2) is 50.7 Å². The number of hydrogen-bond donors (Lipinski definition) is 1. The first-order valence-electron chi connectivity index (χ1n) is 8.40. The molecule has 1 amide bonds. The van der Waals surface area contributed by atoms with Crippen LogP contribution in [0.4, 0.5) is 0 Å². The van der Waals surface area contributed by atoms with E-state index in [0.29, 0.717) is 36.1 Å². The van der Waals surface area contributed by atoms with Gasteiger partial charge in [-0.15, -0.1) is 0 Å². The number of nitrogens with zero attached hydrogens (tertiary/aromatic N) is 2. The first-order chi connectivity index (χ1) is 12.0. The van der Waals surface area contributed by atoms with E-state index >= 15 is 0 Å². The van der Waals surface area contributed by atoms with Crippen LogP contribution >= 0.6 is 11.6 Å². The third kappa shape index (κ3) is 7.20. The fourth-order valence-electron chi connectivity index (χ4n) is 2.35. The fourth-order valence-corrected chi connectivity index (χ4v) is 2.64. The highest BCUT2D eigenvalue weighted by Crippen LogP contribution is 2.36. The molecule has 1 aromatic rings. The maximum atomic E-state index is 11.3. The van der Waals surface area contributed by atoms with Crippen molar-refractivity contribution >= 4 is 17.5 Å². The monoisotopic (exact) mass is 367 g/mol. The Balaban J connectivity index is 2.66. The predicted octanol–water partition coefficient (Wildman–Crippen LogP) is 2.64. The van der Waals surface area contributed by atoms with Crippen molar-refractivity contribution in [3.05, 3.63) is 22.7 Å². The number of hydrogen-bond acceptors (Lipinski definition) is 5. The summed E-state index contributed by atoms with van der Waals surface area (Å²) < 4.78 is 11.2. The van der Waals surface area contributed by atoms with Gasteiger partial charge in [0.15, 0.2) is 11.5 Å². The molecule has 0 aliphatic carbocycles. The molecule has 0 radical (unpaired) electrons. The Kier molecular flexibility index (Phi) is 9.75. The van der Waals surface area contributed by atoms with E-state index in [1.165, 1.54) is 0 Å². The zero-order valence-electron chi connectivity index (χ0n) is 15.1. The molecule has 0 bridgehead atoms. The van der Waals surface area contributed by atoms with Crippen molar-refractivity contribution in [1.82, 2.24) is 10.2 Å². The van der Waals surface area contributed by atoms with Crippen molar-refractivity contribution < 1.29 is 14.3 Å². The van der Waals surface area contributed by atoms with Crippen LogP contribution in [0.25, 0.3) is 0 Å². The Morgan fingerprint density at radius 1 is 1.36 bits per heavy atom. The van der Waals surface area contributed by atoms with Gasteiger partial charge in [0.25, 0.3) is 0 Å². The van der Waals surface area contributed by atoms with Gasteiger partial charge in [-0.1, -0.05) is 25.4 Å². The van der Waals surface area contributed by atoms with Crippen LogP contribution in [0, 0.1) is 11.3 Å². The maximum Gasteiger partial charge on any atom is 0.234 e. The van der Waals surface area contributed by atoms with Crippen LogP contribution in [0.15, 0.2) is 12.1 Å². The zero-order valence-corrected chi connectivity index (χ0v) is 15.9. The van der Waals surface area contributed by atoms with E-state index in [9.17, 15) is 4.79 Å². The Bertz CT molecular complexity index is 598. The normalized spacial score (nSPS) is 10.4. The summed E-state index contributed by atoms with van der Waals surface area (Å²) in [6.07, 6.45) is 0.455. The molecule has 6 nitrogen and oxygen atoms in total. The van der Waals surface area contributed by atoms with Gasteiger partial charge < -0.3 is 19.7 Å². The Morgan fingerprint density at radius 3 is 2.68 bits per heavy atom. The van der Waals surface area contributed by atoms with E-state index in [4.69, 9.17) is 26.3 Å². The van der Waals surface area contributed by atoms with Crippen molar-refractivity contribution in [2.45, 2.75) is 26.7 Å². The molecule has 138 valence electrons. The SMILES string of the molecule is CCN(CC)CCOc1c(Cl)cc(CCNC(=O)CC#N)cc1OC. The lowest BCUT2D eigenvalue weighted by molar-refractivity contribution is -0.120. The van der Waals surface area contributed by atoms with Crippen LogP contribution < -0.4 is 14.8 Å². The number of ether oxygens (including phenoxy) is 2. The van der Waals surface area contributed by atoms with Gasteiger partial charge in [-0.3, -0.25) is 4.79 Å². The van der Waals surface area contributed by atoms with Crippen molar-refractivity contribution in [2.24, 2.45) is 0 Å². The molecule has 1 aromatic carbocycles. The summed E-state index contributed by atoms with van der Waals surface area (Å²) in [5, 5.41) is 11.6. The summed E-state index contributed by atoms with van der Waals surface area (Å²) in [6, 6.07) is 5.48. The second-order valence-electron chi connectivity index (χ2n) is 5.42. The number of nitriles is 1. The highest BCUT2D eigenvalue weighted by molar-refractivity contribution is 6.32. The molecule has 0 fully saturated rings. The van der Waals surface area contributed by atoms with Crippen molar-refractivity contribution in [3.63, 3.8) is 0 Å². The first-order valence-corrected chi connectivity index (χ1v) is 8.78. The van der Waals surface area contributed by atoms with Gasteiger partial charge in [0.2, 0.25) is 5.91 Å². The lowest BCUT2D eigenvalue weighted by Crippen LogP contribution is -2.28. The molecular weight excluding hydrogens is 342 g/mol. The van der Waals surface area contributed by atoms with Gasteiger partial charge in [0.05, 0.1) is 18.2 Å². The number of rotatable bonds is 11. The maximum absolute atomic E-state index is 11.3. The predicted molar refractivity (Wildman–Crippen MR) is 98.2 cm³/mol. The van der Waals surface area contributed by atoms with Crippen LogP contribution in [-0.2, 0) is 11.2 Å². The largest absolute Gasteiger partial charge is 0.493 e. The van der Waals surface area contributed by atoms with E-state index in [0.717, 1.165) is 25.2 Å². The molecule has 0 aliphatic rings. The summed E-state index contributed by atoms with van der Waals surface area (Å²) in [4.78, 5) is 13.6. The van der Waals surface area contributed by atoms with Gasteiger partial charge in [0, 0.05) is 13.1 Å². The quantitative estimate of drug-likeness (QED) is 0.650. The zero-order chi connectivity index (χ0) is 18.7. The number of carbonyl (C=O) groups is 1. The van der Waals surface area contributed by atoms with E-state index < -0.39 is 0 Å². The second-order valence-corrected chi connectivity index (χ2v) is 5.83. The van der Waals surface area contributed by atoms with Gasteiger partial charge in [-0.05, 0) is 37.2 Å². The van der Waals surface area contributed by atoms with Crippen LogP contribution in [0.1, 0.15) is 25.8 Å². The number of methoxy groups -OCH3 is 1. The minimum atomic E-state index is -0.281. The standard InChI is InChI=1S/C18H26ClN3O3/c1-4-22(5-2)10-11-25-18-15(19)12-14(13-16(18)24-3)7-9-21-17(23)6-8-20/h12-13H,4-7,9-11H2,1-3H3,(H,21,23). The summed E-state index contributed by atoms with van der Waals surface area (Å²) >= 11 is 6.34. The number of amides is 1. The molecule has 0 heterocycles. The van der Waals surface area contributed by atoms with Gasteiger partial charge in [-0.25, -0.2) is 0 Å². The number of benzene rings is 1. The van der Waals surface area contributed by atoms with Crippen molar-refractivity contribution in [2.75, 3.05) is 39.9 Å². The average Bonchev–Trinajstić information content (AvgIpc) is 2.60. The molecule has 7 heteroatoms. The summed E-state index contributed by atoms with van der Waals surface area (Å²) in [7, 11) is 1.57. The smallest absolute Gasteiger partial charge is 0.234 e. The lowest BCUT2D eigenvalue weighted by Gasteiger charge is -2.19. The Morgan fingerprint density at radius 2 is 2.08 bits per heavy atom. The molecule has 0 spiro atoms. The highest BCUT2D eigenvalue weighted by atomic mass is 35.5. The van der Waals surface area contributed by atoms with Crippen molar-refractivity contribution in [1.29, 1.82) is 5.26 Å². The summed E-state index contributed by atoms with van der Waals surface area (Å²) in [5.41, 5.74) is 0.926. The van der Waals surface area contributed by atoms with Gasteiger partial charge in [-0.2, -0.15) is 5.26 Å². The molecule has 25 heavy (non-hydrogen) atoms. The highest BCUT2D eigenvalue weighted by Gasteiger charge is 2.13. The van der Waals surface area contributed by atoms with Crippen LogP contribution in [0.2, 0.25) is 5.02 Å². The molecule has 0 saturated carbocycles. The molecule has 0 unspecified atom stereocenters. The third-order valence-electron chi connectivity index (χ3n) is 3.81. The van der Waals surface area contributed by atoms with E-state index in [1.54, 1.807) is 7.11 Å². The number of likely N-dealkylation sites (N-methyl/N-ethyl adjacent to an activating group) is 1. The molecule has 0 aliphatic heterocycles. The third-order valence-corrected chi connectivity index (χ3v) is 4.09. The van der Waals surface area contributed by atoms with Gasteiger partial charge >= 0.3 is 0 Å². The first kappa shape index (κ1) is 21.1. The number of carbonyl (C=O) groups excluding carboxylic acids is 1. The Labute approximate surface area is 154 Å². The minimum Gasteiger partial charge on any atom is -0.493 e. The van der Waals surface area contributed by atoms with E-state index in [2.05, 4.69) is 24.1 Å². The van der Waals surface area contributed by atoms with Crippen LogP contribution in [0.3, 0.4) is 0 Å². The number of halogens is 1. The lowest BCUT2D eigenvalue weighted by atomic mass is 10.1. The van der Waals surface area contributed by atoms with Crippen LogP contribution in [0.5, 0.6) is 11.5 Å². The Hall–Kier alpha value is -1.97. The number of nitrogens with one attached hydrogen (secondary N) is 1.